The van der Waals surface area contributed by atoms with Crippen LogP contribution in [0.3, 0.4) is 0 Å². The Bertz CT molecular complexity index is 941. The third-order valence-electron chi connectivity index (χ3n) is 4.67. The standard InChI is InChI=1S/C23H31N5O2.HI/c1-4-29-13-14-30-21-15-17(2)9-10-18(21)16-26-23(24-3)25-12-11-22-27-19-7-5-6-8-20(19)28-22;/h5-10,15H,4,11-14,16H2,1-3H3,(H,27,28)(H2,24,25,26);1H. The fraction of sp³-hybridized carbons (Fsp3) is 0.391. The van der Waals surface area contributed by atoms with Crippen molar-refractivity contribution in [2.45, 2.75) is 26.8 Å². The van der Waals surface area contributed by atoms with Gasteiger partial charge in [-0.15, -0.1) is 24.0 Å². The van der Waals surface area contributed by atoms with Crippen LogP contribution in [0.2, 0.25) is 0 Å². The molecule has 0 aliphatic heterocycles. The van der Waals surface area contributed by atoms with E-state index in [1.165, 1.54) is 5.56 Å². The molecule has 0 fully saturated rings. The Hall–Kier alpha value is -2.33. The highest BCUT2D eigenvalue weighted by Crippen LogP contribution is 2.20. The number of guanidine groups is 1. The second kappa shape index (κ2) is 13.2. The van der Waals surface area contributed by atoms with Crippen molar-refractivity contribution in [3.63, 3.8) is 0 Å². The summed E-state index contributed by atoms with van der Waals surface area (Å²) in [4.78, 5) is 12.3. The number of H-pyrrole nitrogens is 1. The summed E-state index contributed by atoms with van der Waals surface area (Å²) in [5.41, 5.74) is 4.30. The van der Waals surface area contributed by atoms with Crippen LogP contribution in [0.5, 0.6) is 5.75 Å². The van der Waals surface area contributed by atoms with Crippen LogP contribution in [0.1, 0.15) is 23.9 Å². The molecule has 168 valence electrons. The number of aromatic amines is 1. The molecule has 3 N–H and O–H groups in total. The number of benzene rings is 2. The van der Waals surface area contributed by atoms with E-state index in [0.717, 1.165) is 47.1 Å². The highest BCUT2D eigenvalue weighted by Gasteiger charge is 2.07. The van der Waals surface area contributed by atoms with E-state index in [1.54, 1.807) is 7.05 Å². The number of imidazole rings is 1. The highest BCUT2D eigenvalue weighted by atomic mass is 127. The lowest BCUT2D eigenvalue weighted by Crippen LogP contribution is -2.38. The van der Waals surface area contributed by atoms with Gasteiger partial charge >= 0.3 is 0 Å². The van der Waals surface area contributed by atoms with E-state index in [0.29, 0.717) is 26.4 Å². The molecule has 0 saturated carbocycles. The molecule has 2 aromatic carbocycles. The van der Waals surface area contributed by atoms with E-state index in [1.807, 2.05) is 31.2 Å². The summed E-state index contributed by atoms with van der Waals surface area (Å²) in [6.07, 6.45) is 0.783. The molecule has 0 saturated heterocycles. The predicted octanol–water partition coefficient (Wildman–Crippen LogP) is 3.81. The first-order valence-corrected chi connectivity index (χ1v) is 10.4. The molecule has 0 spiro atoms. The molecule has 1 aromatic heterocycles. The molecule has 0 aliphatic carbocycles. The van der Waals surface area contributed by atoms with Gasteiger partial charge in [-0.1, -0.05) is 24.3 Å². The normalized spacial score (nSPS) is 11.3. The van der Waals surface area contributed by atoms with E-state index in [-0.39, 0.29) is 24.0 Å². The maximum absolute atomic E-state index is 5.92. The SMILES string of the molecule is CCOCCOc1cc(C)ccc1CNC(=NC)NCCc1nc2ccccc2[nH]1.I. The van der Waals surface area contributed by atoms with Crippen molar-refractivity contribution in [3.05, 3.63) is 59.4 Å². The van der Waals surface area contributed by atoms with Crippen molar-refractivity contribution in [1.82, 2.24) is 20.6 Å². The molecule has 7 nitrogen and oxygen atoms in total. The Balaban J connectivity index is 0.00000341. The molecular weight excluding hydrogens is 505 g/mol. The number of fused-ring (bicyclic) bond motifs is 1. The molecule has 0 amide bonds. The van der Waals surface area contributed by atoms with Crippen molar-refractivity contribution in [1.29, 1.82) is 0 Å². The summed E-state index contributed by atoms with van der Waals surface area (Å²) < 4.78 is 11.3. The first-order chi connectivity index (χ1) is 14.7. The van der Waals surface area contributed by atoms with E-state index in [2.05, 4.69) is 50.7 Å². The number of halogens is 1. The van der Waals surface area contributed by atoms with Crippen LogP contribution in [0, 0.1) is 6.92 Å². The summed E-state index contributed by atoms with van der Waals surface area (Å²) in [6, 6.07) is 14.3. The number of aryl methyl sites for hydroxylation is 1. The minimum Gasteiger partial charge on any atom is -0.491 e. The van der Waals surface area contributed by atoms with Gasteiger partial charge in [-0.3, -0.25) is 4.99 Å². The lowest BCUT2D eigenvalue weighted by atomic mass is 10.1. The van der Waals surface area contributed by atoms with Gasteiger partial charge in [-0.2, -0.15) is 0 Å². The molecular formula is C23H32IN5O2. The molecule has 0 atom stereocenters. The number of aliphatic imine (C=N–C) groups is 1. The Morgan fingerprint density at radius 1 is 1.13 bits per heavy atom. The number of ether oxygens (including phenoxy) is 2. The zero-order valence-electron chi connectivity index (χ0n) is 18.4. The molecule has 0 radical (unpaired) electrons. The Labute approximate surface area is 201 Å². The number of nitrogens with one attached hydrogen (secondary N) is 3. The summed E-state index contributed by atoms with van der Waals surface area (Å²) in [6.45, 7) is 7.21. The van der Waals surface area contributed by atoms with Gasteiger partial charge in [0.15, 0.2) is 5.96 Å². The summed E-state index contributed by atoms with van der Waals surface area (Å²) in [7, 11) is 1.77. The van der Waals surface area contributed by atoms with Crippen LogP contribution in [-0.2, 0) is 17.7 Å². The molecule has 0 unspecified atom stereocenters. The van der Waals surface area contributed by atoms with E-state index in [4.69, 9.17) is 9.47 Å². The second-order valence-electron chi connectivity index (χ2n) is 6.96. The van der Waals surface area contributed by atoms with Gasteiger partial charge in [-0.25, -0.2) is 4.98 Å². The van der Waals surface area contributed by atoms with Gasteiger partial charge < -0.3 is 25.1 Å². The first kappa shape index (κ1) is 24.9. The van der Waals surface area contributed by atoms with Gasteiger partial charge in [0.05, 0.1) is 17.6 Å². The average molecular weight is 537 g/mol. The number of para-hydroxylation sites is 2. The third kappa shape index (κ3) is 7.70. The quantitative estimate of drug-likeness (QED) is 0.159. The maximum atomic E-state index is 5.92. The van der Waals surface area contributed by atoms with Crippen molar-refractivity contribution >= 4 is 41.0 Å². The van der Waals surface area contributed by atoms with Crippen molar-refractivity contribution in [3.8, 4) is 5.75 Å². The van der Waals surface area contributed by atoms with Crippen LogP contribution in [0.15, 0.2) is 47.5 Å². The summed E-state index contributed by atoms with van der Waals surface area (Å²) in [5, 5.41) is 6.70. The molecule has 8 heteroatoms. The minimum absolute atomic E-state index is 0. The topological polar surface area (TPSA) is 83.6 Å². The van der Waals surface area contributed by atoms with Crippen molar-refractivity contribution in [2.75, 3.05) is 33.4 Å². The number of hydrogen-bond acceptors (Lipinski definition) is 4. The maximum Gasteiger partial charge on any atom is 0.191 e. The Morgan fingerprint density at radius 3 is 2.74 bits per heavy atom. The highest BCUT2D eigenvalue weighted by molar-refractivity contribution is 14.0. The van der Waals surface area contributed by atoms with Crippen LogP contribution >= 0.6 is 24.0 Å². The lowest BCUT2D eigenvalue weighted by molar-refractivity contribution is 0.110. The van der Waals surface area contributed by atoms with Gasteiger partial charge in [0.25, 0.3) is 0 Å². The molecule has 1 heterocycles. The largest absolute Gasteiger partial charge is 0.491 e. The van der Waals surface area contributed by atoms with Crippen molar-refractivity contribution in [2.24, 2.45) is 4.99 Å². The second-order valence-corrected chi connectivity index (χ2v) is 6.96. The fourth-order valence-electron chi connectivity index (χ4n) is 3.12. The van der Waals surface area contributed by atoms with E-state index >= 15 is 0 Å². The monoisotopic (exact) mass is 537 g/mol. The van der Waals surface area contributed by atoms with Crippen LogP contribution < -0.4 is 15.4 Å². The average Bonchev–Trinajstić information content (AvgIpc) is 3.17. The molecule has 0 bridgehead atoms. The zero-order chi connectivity index (χ0) is 21.2. The number of aromatic nitrogens is 2. The predicted molar refractivity (Wildman–Crippen MR) is 137 cm³/mol. The smallest absolute Gasteiger partial charge is 0.191 e. The van der Waals surface area contributed by atoms with Gasteiger partial charge in [0.1, 0.15) is 18.2 Å². The lowest BCUT2D eigenvalue weighted by Gasteiger charge is -2.15. The summed E-state index contributed by atoms with van der Waals surface area (Å²) in [5.74, 6) is 2.58. The fourth-order valence-corrected chi connectivity index (χ4v) is 3.12. The molecule has 0 aliphatic rings. The zero-order valence-corrected chi connectivity index (χ0v) is 20.7. The summed E-state index contributed by atoms with van der Waals surface area (Å²) >= 11 is 0. The number of nitrogens with zero attached hydrogens (tertiary/aromatic N) is 2. The van der Waals surface area contributed by atoms with Gasteiger partial charge in [-0.05, 0) is 37.6 Å². The first-order valence-electron chi connectivity index (χ1n) is 10.4. The molecule has 3 aromatic rings. The van der Waals surface area contributed by atoms with Crippen molar-refractivity contribution < 1.29 is 9.47 Å². The van der Waals surface area contributed by atoms with E-state index in [9.17, 15) is 0 Å². The van der Waals surface area contributed by atoms with Crippen LogP contribution in [-0.4, -0.2) is 49.3 Å². The van der Waals surface area contributed by atoms with Gasteiger partial charge in [0.2, 0.25) is 0 Å². The minimum atomic E-state index is 0. The Morgan fingerprint density at radius 2 is 1.97 bits per heavy atom. The third-order valence-corrected chi connectivity index (χ3v) is 4.67. The van der Waals surface area contributed by atoms with Crippen LogP contribution in [0.25, 0.3) is 11.0 Å². The Kier molecular flexibility index (Phi) is 10.6. The van der Waals surface area contributed by atoms with Crippen LogP contribution in [0.4, 0.5) is 0 Å². The number of rotatable bonds is 10. The molecule has 3 rings (SSSR count). The molecule has 31 heavy (non-hydrogen) atoms. The van der Waals surface area contributed by atoms with E-state index < -0.39 is 0 Å². The van der Waals surface area contributed by atoms with Gasteiger partial charge in [0, 0.05) is 38.7 Å². The number of hydrogen-bond donors (Lipinski definition) is 3.